The molecule has 0 unspecified atom stereocenters. The molecule has 0 saturated carbocycles. The summed E-state index contributed by atoms with van der Waals surface area (Å²) in [4.78, 5) is 52.5. The van der Waals surface area contributed by atoms with E-state index in [-0.39, 0.29) is 23.0 Å². The van der Waals surface area contributed by atoms with Crippen LogP contribution in [0.2, 0.25) is 5.28 Å². The number of nitrogens with one attached hydrogen (secondary N) is 1. The van der Waals surface area contributed by atoms with E-state index in [0.29, 0.717) is 12.3 Å². The van der Waals surface area contributed by atoms with Gasteiger partial charge in [-0.05, 0) is 42.3 Å². The van der Waals surface area contributed by atoms with Gasteiger partial charge in [-0.15, -0.1) is 0 Å². The summed E-state index contributed by atoms with van der Waals surface area (Å²) in [6.07, 6.45) is 2.91. The van der Waals surface area contributed by atoms with Crippen LogP contribution in [0.3, 0.4) is 0 Å². The zero-order chi connectivity index (χ0) is 22.7. The molecule has 0 saturated heterocycles. The lowest BCUT2D eigenvalue weighted by Crippen LogP contribution is -2.37. The Morgan fingerprint density at radius 3 is 2.48 bits per heavy atom. The van der Waals surface area contributed by atoms with Gasteiger partial charge < -0.3 is 10.1 Å². The van der Waals surface area contributed by atoms with Crippen molar-refractivity contribution in [2.24, 2.45) is 14.1 Å². The van der Waals surface area contributed by atoms with E-state index in [1.165, 1.54) is 29.3 Å². The number of esters is 1. The highest BCUT2D eigenvalue weighted by Crippen LogP contribution is 2.16. The molecule has 0 spiro atoms. The van der Waals surface area contributed by atoms with Gasteiger partial charge in [0.25, 0.3) is 5.56 Å². The van der Waals surface area contributed by atoms with E-state index < -0.39 is 23.1 Å². The average molecular weight is 446 g/mol. The topological polar surface area (TPSA) is 117 Å². The van der Waals surface area contributed by atoms with Crippen LogP contribution < -0.4 is 16.6 Å². The van der Waals surface area contributed by atoms with Crippen LogP contribution in [0.4, 0.5) is 5.69 Å². The fraction of sp³-hybridized carbons (Fsp3) is 0.250. The fourth-order valence-electron chi connectivity index (χ4n) is 2.94. The minimum atomic E-state index is -0.594. The number of imidazole rings is 1. The van der Waals surface area contributed by atoms with Gasteiger partial charge in [0.1, 0.15) is 6.54 Å². The molecule has 162 valence electrons. The summed E-state index contributed by atoms with van der Waals surface area (Å²) in [6.45, 7) is 1.75. The Hall–Kier alpha value is -3.66. The first kappa shape index (κ1) is 22.0. The highest BCUT2D eigenvalue weighted by atomic mass is 35.5. The summed E-state index contributed by atoms with van der Waals surface area (Å²) < 4.78 is 8.19. The minimum Gasteiger partial charge on any atom is -0.463 e. The standard InChI is InChI=1S/C20H20ClN5O5/c1-4-31-15(28)10-7-12-5-8-13(9-6-12)22-14(27)11-26-16-17(23-19(26)21)24(2)20(30)25(3)18(16)29/h5-10H,4,11H2,1-3H3,(H,22,27)/b10-7+. The first-order chi connectivity index (χ1) is 14.7. The maximum Gasteiger partial charge on any atom is 0.332 e. The maximum absolute atomic E-state index is 12.5. The van der Waals surface area contributed by atoms with Gasteiger partial charge in [-0.3, -0.25) is 23.3 Å². The van der Waals surface area contributed by atoms with Gasteiger partial charge >= 0.3 is 11.7 Å². The molecule has 1 N–H and O–H groups in total. The Morgan fingerprint density at radius 2 is 1.84 bits per heavy atom. The van der Waals surface area contributed by atoms with Crippen molar-refractivity contribution in [3.05, 3.63) is 62.0 Å². The van der Waals surface area contributed by atoms with Crippen LogP contribution in [0.5, 0.6) is 0 Å². The zero-order valence-electron chi connectivity index (χ0n) is 17.1. The lowest BCUT2D eigenvalue weighted by Gasteiger charge is -2.09. The third-order valence-corrected chi connectivity index (χ3v) is 4.78. The second-order valence-corrected chi connectivity index (χ2v) is 6.94. The Balaban J connectivity index is 1.78. The first-order valence-electron chi connectivity index (χ1n) is 9.29. The molecule has 0 bridgehead atoms. The second-order valence-electron chi connectivity index (χ2n) is 6.60. The summed E-state index contributed by atoms with van der Waals surface area (Å²) in [5, 5.41) is 2.62. The second kappa shape index (κ2) is 9.00. The zero-order valence-corrected chi connectivity index (χ0v) is 17.8. The van der Waals surface area contributed by atoms with Crippen molar-refractivity contribution in [2.75, 3.05) is 11.9 Å². The first-order valence-corrected chi connectivity index (χ1v) is 9.67. The number of ether oxygens (including phenoxy) is 1. The molecular weight excluding hydrogens is 426 g/mol. The number of halogens is 1. The van der Waals surface area contributed by atoms with Gasteiger partial charge in [0.05, 0.1) is 6.61 Å². The quantitative estimate of drug-likeness (QED) is 0.347. The van der Waals surface area contributed by atoms with Gasteiger partial charge in [0.2, 0.25) is 11.2 Å². The molecular formula is C20H20ClN5O5. The predicted octanol–water partition coefficient (Wildman–Crippen LogP) is 1.30. The van der Waals surface area contributed by atoms with Crippen molar-refractivity contribution in [1.29, 1.82) is 0 Å². The van der Waals surface area contributed by atoms with Crippen LogP contribution in [0.15, 0.2) is 39.9 Å². The van der Waals surface area contributed by atoms with E-state index in [0.717, 1.165) is 10.1 Å². The van der Waals surface area contributed by atoms with Gasteiger partial charge in [-0.1, -0.05) is 12.1 Å². The average Bonchev–Trinajstić information content (AvgIpc) is 3.06. The Morgan fingerprint density at radius 1 is 1.16 bits per heavy atom. The molecule has 3 rings (SSSR count). The van der Waals surface area contributed by atoms with Gasteiger partial charge in [-0.25, -0.2) is 9.59 Å². The molecule has 31 heavy (non-hydrogen) atoms. The van der Waals surface area contributed by atoms with Crippen molar-refractivity contribution in [2.45, 2.75) is 13.5 Å². The lowest BCUT2D eigenvalue weighted by molar-refractivity contribution is -0.137. The molecule has 0 fully saturated rings. The van der Waals surface area contributed by atoms with Crippen molar-refractivity contribution >= 4 is 46.4 Å². The third-order valence-electron chi connectivity index (χ3n) is 4.50. The number of anilines is 1. The number of carbonyl (C=O) groups excluding carboxylic acids is 2. The van der Waals surface area contributed by atoms with Gasteiger partial charge in [0, 0.05) is 25.9 Å². The molecule has 0 aliphatic carbocycles. The van der Waals surface area contributed by atoms with Gasteiger partial charge in [-0.2, -0.15) is 4.98 Å². The number of aromatic nitrogens is 4. The summed E-state index contributed by atoms with van der Waals surface area (Å²) in [5.74, 6) is -0.875. The highest BCUT2D eigenvalue weighted by Gasteiger charge is 2.19. The van der Waals surface area contributed by atoms with E-state index in [4.69, 9.17) is 16.3 Å². The number of rotatable bonds is 6. The number of fused-ring (bicyclic) bond motifs is 1. The van der Waals surface area contributed by atoms with Crippen molar-refractivity contribution < 1.29 is 14.3 Å². The minimum absolute atomic E-state index is 0.0594. The molecule has 0 aliphatic heterocycles. The van der Waals surface area contributed by atoms with Crippen LogP contribution in [-0.4, -0.2) is 37.2 Å². The largest absolute Gasteiger partial charge is 0.463 e. The van der Waals surface area contributed by atoms with E-state index in [1.54, 1.807) is 37.3 Å². The van der Waals surface area contributed by atoms with Crippen molar-refractivity contribution in [3.63, 3.8) is 0 Å². The van der Waals surface area contributed by atoms with Crippen LogP contribution in [0.25, 0.3) is 17.2 Å². The summed E-state index contributed by atoms with van der Waals surface area (Å²) in [6, 6.07) is 6.77. The molecule has 0 aliphatic rings. The van der Waals surface area contributed by atoms with Gasteiger partial charge in [0.15, 0.2) is 11.2 Å². The molecule has 10 nitrogen and oxygen atoms in total. The smallest absolute Gasteiger partial charge is 0.332 e. The summed E-state index contributed by atoms with van der Waals surface area (Å²) in [5.41, 5.74) is 0.287. The maximum atomic E-state index is 12.5. The van der Waals surface area contributed by atoms with E-state index in [1.807, 2.05) is 0 Å². The van der Waals surface area contributed by atoms with Crippen LogP contribution in [0.1, 0.15) is 12.5 Å². The van der Waals surface area contributed by atoms with Crippen LogP contribution in [-0.2, 0) is 35.0 Å². The molecule has 11 heteroatoms. The number of hydrogen-bond acceptors (Lipinski definition) is 6. The van der Waals surface area contributed by atoms with E-state index in [9.17, 15) is 19.2 Å². The normalized spacial score (nSPS) is 11.2. The number of benzene rings is 1. The SMILES string of the molecule is CCOC(=O)/C=C/c1ccc(NC(=O)Cn2c(Cl)nc3c2c(=O)n(C)c(=O)n3C)cc1. The number of nitrogens with zero attached hydrogens (tertiary/aromatic N) is 4. The lowest BCUT2D eigenvalue weighted by atomic mass is 10.2. The van der Waals surface area contributed by atoms with E-state index in [2.05, 4.69) is 10.3 Å². The summed E-state index contributed by atoms with van der Waals surface area (Å²) in [7, 11) is 2.81. The fourth-order valence-corrected chi connectivity index (χ4v) is 3.16. The number of aryl methyl sites for hydroxylation is 1. The number of carbonyl (C=O) groups is 2. The highest BCUT2D eigenvalue weighted by molar-refractivity contribution is 6.29. The number of hydrogen-bond donors (Lipinski definition) is 1. The van der Waals surface area contributed by atoms with E-state index >= 15 is 0 Å². The van der Waals surface area contributed by atoms with Crippen LogP contribution in [0, 0.1) is 0 Å². The van der Waals surface area contributed by atoms with Crippen molar-refractivity contribution in [1.82, 2.24) is 18.7 Å². The molecule has 2 heterocycles. The molecule has 2 aromatic heterocycles. The Bertz CT molecular complexity index is 1300. The monoisotopic (exact) mass is 445 g/mol. The molecule has 0 radical (unpaired) electrons. The Labute approximate surface area is 181 Å². The van der Waals surface area contributed by atoms with Crippen molar-refractivity contribution in [3.8, 4) is 0 Å². The molecule has 0 atom stereocenters. The predicted molar refractivity (Wildman–Crippen MR) is 116 cm³/mol. The summed E-state index contributed by atoms with van der Waals surface area (Å²) >= 11 is 6.13. The molecule has 3 aromatic rings. The van der Waals surface area contributed by atoms with Crippen LogP contribution >= 0.6 is 11.6 Å². The number of amides is 1. The molecule has 1 aromatic carbocycles. The Kier molecular flexibility index (Phi) is 6.40. The molecule has 1 amide bonds. The third kappa shape index (κ3) is 4.58.